The molecule has 0 aliphatic heterocycles. The number of rotatable bonds is 2. The number of pyridine rings is 1. The summed E-state index contributed by atoms with van der Waals surface area (Å²) in [5.41, 5.74) is 0. The quantitative estimate of drug-likeness (QED) is 0.761. The number of nitrogens with zero attached hydrogens (tertiary/aromatic N) is 3. The van der Waals surface area contributed by atoms with Crippen LogP contribution in [0.2, 0.25) is 0 Å². The lowest BCUT2D eigenvalue weighted by Gasteiger charge is -1.93. The summed E-state index contributed by atoms with van der Waals surface area (Å²) in [6.07, 6.45) is 3.55. The molecule has 2 heterocycles. The molecule has 0 aromatic carbocycles. The average Bonchev–Trinajstić information content (AvgIpc) is 2.53. The summed E-state index contributed by atoms with van der Waals surface area (Å²) in [4.78, 5) is 9.35. The molecule has 0 saturated carbocycles. The van der Waals surface area contributed by atoms with Crippen molar-refractivity contribution in [3.8, 4) is 0 Å². The van der Waals surface area contributed by atoms with Gasteiger partial charge in [0.1, 0.15) is 5.82 Å². The van der Waals surface area contributed by atoms with E-state index in [1.807, 2.05) is 19.1 Å². The Morgan fingerprint density at radius 3 is 2.69 bits per heavy atom. The maximum Gasteiger partial charge on any atom is 0.174 e. The van der Waals surface area contributed by atoms with Gasteiger partial charge in [0.05, 0.1) is 0 Å². The number of aryl methyl sites for hydroxylation is 1. The largest absolute Gasteiger partial charge is 0.265 e. The Kier molecular flexibility index (Phi) is 2.56. The van der Waals surface area contributed by atoms with Crippen LogP contribution in [0, 0.1) is 6.92 Å². The zero-order valence-electron chi connectivity index (χ0n) is 6.97. The Morgan fingerprint density at radius 2 is 2.08 bits per heavy atom. The van der Waals surface area contributed by atoms with Crippen LogP contribution < -0.4 is 0 Å². The highest BCUT2D eigenvalue weighted by atomic mass is 32.2. The van der Waals surface area contributed by atoms with Crippen molar-refractivity contribution in [2.75, 3.05) is 0 Å². The van der Waals surface area contributed by atoms with E-state index in [2.05, 4.69) is 14.3 Å². The molecule has 0 aliphatic rings. The van der Waals surface area contributed by atoms with Crippen LogP contribution in [-0.2, 0) is 0 Å². The normalized spacial score (nSPS) is 10.2. The minimum Gasteiger partial charge on any atom is -0.265 e. The monoisotopic (exact) mass is 209 g/mol. The fourth-order valence-corrected chi connectivity index (χ4v) is 2.44. The van der Waals surface area contributed by atoms with Crippen LogP contribution in [0.1, 0.15) is 5.82 Å². The third-order valence-corrected chi connectivity index (χ3v) is 3.21. The smallest absolute Gasteiger partial charge is 0.174 e. The lowest BCUT2D eigenvalue weighted by atomic mass is 10.5. The van der Waals surface area contributed by atoms with Gasteiger partial charge in [-0.15, -0.1) is 0 Å². The van der Waals surface area contributed by atoms with E-state index in [0.29, 0.717) is 0 Å². The summed E-state index contributed by atoms with van der Waals surface area (Å²) in [6, 6.07) is 3.92. The molecule has 0 unspecified atom stereocenters. The van der Waals surface area contributed by atoms with E-state index in [1.165, 1.54) is 11.5 Å². The highest BCUT2D eigenvalue weighted by Crippen LogP contribution is 2.27. The molecule has 0 saturated heterocycles. The molecule has 0 bridgehead atoms. The molecule has 0 fully saturated rings. The average molecular weight is 209 g/mol. The molecule has 0 radical (unpaired) electrons. The number of hydrogen-bond acceptors (Lipinski definition) is 5. The van der Waals surface area contributed by atoms with Gasteiger partial charge in [0.25, 0.3) is 0 Å². The van der Waals surface area contributed by atoms with Gasteiger partial charge < -0.3 is 0 Å². The fraction of sp³-hybridized carbons (Fsp3) is 0.125. The standard InChI is InChI=1S/C8H7N3S2/c1-6-10-8(13-11-6)12-7-2-4-9-5-3-7/h2-5H,1H3. The lowest BCUT2D eigenvalue weighted by molar-refractivity contribution is 1.10. The van der Waals surface area contributed by atoms with Crippen LogP contribution in [0.25, 0.3) is 0 Å². The molecule has 13 heavy (non-hydrogen) atoms. The van der Waals surface area contributed by atoms with Crippen LogP contribution in [0.15, 0.2) is 33.8 Å². The Bertz CT molecular complexity index is 385. The van der Waals surface area contributed by atoms with Gasteiger partial charge in [-0.1, -0.05) is 11.8 Å². The Hall–Kier alpha value is -0.940. The molecule has 3 nitrogen and oxygen atoms in total. The highest BCUT2D eigenvalue weighted by molar-refractivity contribution is 8.01. The van der Waals surface area contributed by atoms with Crippen LogP contribution >= 0.6 is 23.3 Å². The SMILES string of the molecule is Cc1nsc(Sc2ccncc2)n1. The molecule has 2 aromatic heterocycles. The predicted octanol–water partition coefficient (Wildman–Crippen LogP) is 2.39. The van der Waals surface area contributed by atoms with Gasteiger partial charge in [0.2, 0.25) is 0 Å². The summed E-state index contributed by atoms with van der Waals surface area (Å²) in [5, 5.41) is 0. The first-order valence-electron chi connectivity index (χ1n) is 3.73. The van der Waals surface area contributed by atoms with E-state index >= 15 is 0 Å². The molecule has 0 N–H and O–H groups in total. The number of hydrogen-bond donors (Lipinski definition) is 0. The summed E-state index contributed by atoms with van der Waals surface area (Å²) < 4.78 is 5.08. The summed E-state index contributed by atoms with van der Waals surface area (Å²) in [6.45, 7) is 1.90. The predicted molar refractivity (Wildman–Crippen MR) is 53.0 cm³/mol. The van der Waals surface area contributed by atoms with Crippen molar-refractivity contribution < 1.29 is 0 Å². The second kappa shape index (κ2) is 3.85. The zero-order chi connectivity index (χ0) is 9.10. The second-order valence-corrected chi connectivity index (χ2v) is 4.46. The van der Waals surface area contributed by atoms with Crippen LogP contribution in [0.4, 0.5) is 0 Å². The maximum absolute atomic E-state index is 4.26. The minimum atomic E-state index is 0.835. The van der Waals surface area contributed by atoms with Crippen molar-refractivity contribution in [3.63, 3.8) is 0 Å². The van der Waals surface area contributed by atoms with Gasteiger partial charge in [-0.3, -0.25) is 4.98 Å². The van der Waals surface area contributed by atoms with Crippen molar-refractivity contribution in [3.05, 3.63) is 30.4 Å². The highest BCUT2D eigenvalue weighted by Gasteiger charge is 2.01. The molecule has 0 amide bonds. The van der Waals surface area contributed by atoms with Crippen molar-refractivity contribution in [2.24, 2.45) is 0 Å². The third kappa shape index (κ3) is 2.26. The van der Waals surface area contributed by atoms with Crippen molar-refractivity contribution in [1.29, 1.82) is 0 Å². The van der Waals surface area contributed by atoms with Crippen molar-refractivity contribution >= 4 is 23.3 Å². The van der Waals surface area contributed by atoms with E-state index in [-0.39, 0.29) is 0 Å². The van der Waals surface area contributed by atoms with E-state index in [0.717, 1.165) is 15.1 Å². The van der Waals surface area contributed by atoms with Gasteiger partial charge in [0.15, 0.2) is 4.34 Å². The zero-order valence-corrected chi connectivity index (χ0v) is 8.60. The van der Waals surface area contributed by atoms with E-state index in [9.17, 15) is 0 Å². The molecule has 0 aliphatic carbocycles. The van der Waals surface area contributed by atoms with Crippen LogP contribution in [-0.4, -0.2) is 14.3 Å². The first kappa shape index (κ1) is 8.65. The minimum absolute atomic E-state index is 0.835. The van der Waals surface area contributed by atoms with Crippen LogP contribution in [0.5, 0.6) is 0 Å². The third-order valence-electron chi connectivity index (χ3n) is 1.36. The summed E-state index contributed by atoms with van der Waals surface area (Å²) in [7, 11) is 0. The van der Waals surface area contributed by atoms with E-state index < -0.39 is 0 Å². The van der Waals surface area contributed by atoms with Crippen molar-refractivity contribution in [2.45, 2.75) is 16.2 Å². The molecule has 5 heteroatoms. The van der Waals surface area contributed by atoms with E-state index in [1.54, 1.807) is 24.2 Å². The van der Waals surface area contributed by atoms with Crippen molar-refractivity contribution in [1.82, 2.24) is 14.3 Å². The maximum atomic E-state index is 4.26. The summed E-state index contributed by atoms with van der Waals surface area (Å²) in [5.74, 6) is 0.835. The van der Waals surface area contributed by atoms with Gasteiger partial charge in [-0.25, -0.2) is 4.98 Å². The van der Waals surface area contributed by atoms with Gasteiger partial charge in [-0.05, 0) is 30.6 Å². The number of aromatic nitrogens is 3. The van der Waals surface area contributed by atoms with Crippen LogP contribution in [0.3, 0.4) is 0 Å². The van der Waals surface area contributed by atoms with Gasteiger partial charge >= 0.3 is 0 Å². The van der Waals surface area contributed by atoms with Gasteiger partial charge in [0, 0.05) is 17.3 Å². The Balaban J connectivity index is 2.15. The van der Waals surface area contributed by atoms with Gasteiger partial charge in [-0.2, -0.15) is 4.37 Å². The molecule has 2 aromatic rings. The lowest BCUT2D eigenvalue weighted by Crippen LogP contribution is -1.74. The molecule has 0 spiro atoms. The second-order valence-electron chi connectivity index (χ2n) is 2.39. The summed E-state index contributed by atoms with van der Waals surface area (Å²) >= 11 is 3.04. The molecule has 0 atom stereocenters. The topological polar surface area (TPSA) is 38.7 Å². The Morgan fingerprint density at radius 1 is 1.31 bits per heavy atom. The Labute approximate surface area is 84.4 Å². The molecule has 2 rings (SSSR count). The first-order chi connectivity index (χ1) is 6.34. The fourth-order valence-electron chi connectivity index (χ4n) is 0.827. The first-order valence-corrected chi connectivity index (χ1v) is 5.32. The van der Waals surface area contributed by atoms with E-state index in [4.69, 9.17) is 0 Å². The molecule has 66 valence electrons. The molecular weight excluding hydrogens is 202 g/mol. The molecular formula is C8H7N3S2.